The van der Waals surface area contributed by atoms with E-state index in [1.54, 1.807) is 18.2 Å². The number of benzene rings is 2. The molecule has 3 heterocycles. The average Bonchev–Trinajstić information content (AvgIpc) is 3.73. The number of nitrogens with one attached hydrogen (secondary N) is 1. The lowest BCUT2D eigenvalue weighted by atomic mass is 9.58. The molecule has 1 aromatic heterocycles. The van der Waals surface area contributed by atoms with Crippen LogP contribution in [0.5, 0.6) is 0 Å². The van der Waals surface area contributed by atoms with Gasteiger partial charge in [0.1, 0.15) is 11.6 Å². The predicted molar refractivity (Wildman–Crippen MR) is 195 cm³/mol. The first-order valence-corrected chi connectivity index (χ1v) is 20.3. The highest BCUT2D eigenvalue weighted by atomic mass is 32.2. The van der Waals surface area contributed by atoms with Crippen LogP contribution in [0.1, 0.15) is 69.7 Å². The van der Waals surface area contributed by atoms with E-state index in [9.17, 15) is 13.2 Å². The molecule has 2 aromatic carbocycles. The highest BCUT2D eigenvalue weighted by Crippen LogP contribution is 2.52. The van der Waals surface area contributed by atoms with Gasteiger partial charge >= 0.3 is 0 Å². The Labute approximate surface area is 297 Å². The van der Waals surface area contributed by atoms with E-state index in [-0.39, 0.29) is 34.3 Å². The minimum Gasteiger partial charge on any atom is -0.371 e. The Kier molecular flexibility index (Phi) is 10.2. The van der Waals surface area contributed by atoms with Crippen molar-refractivity contribution in [3.8, 4) is 0 Å². The Morgan fingerprint density at radius 1 is 1.04 bits per heavy atom. The number of aromatic nitrogens is 2. The summed E-state index contributed by atoms with van der Waals surface area (Å²) in [5.74, 6) is 1.66. The minimum atomic E-state index is -3.20. The number of rotatable bonds is 13. The first kappa shape index (κ1) is 34.9. The zero-order valence-corrected chi connectivity index (χ0v) is 30.2. The summed E-state index contributed by atoms with van der Waals surface area (Å²) >= 11 is 0. The molecule has 50 heavy (non-hydrogen) atoms. The molecule has 8 nitrogen and oxygen atoms in total. The summed E-state index contributed by atoms with van der Waals surface area (Å²) in [5, 5.41) is 3.08. The largest absolute Gasteiger partial charge is 0.371 e. The highest BCUT2D eigenvalue weighted by molar-refractivity contribution is 7.92. The maximum absolute atomic E-state index is 15.1. The molecule has 3 aromatic rings. The molecule has 0 radical (unpaired) electrons. The molecule has 0 unspecified atom stereocenters. The summed E-state index contributed by atoms with van der Waals surface area (Å²) < 4.78 is 43.1. The highest BCUT2D eigenvalue weighted by Gasteiger charge is 2.52. The van der Waals surface area contributed by atoms with E-state index >= 15 is 4.39 Å². The van der Waals surface area contributed by atoms with Crippen LogP contribution in [-0.4, -0.2) is 72.8 Å². The molecule has 4 fully saturated rings. The molecule has 268 valence electrons. The average molecular weight is 702 g/mol. The summed E-state index contributed by atoms with van der Waals surface area (Å²) in [4.78, 5) is 22.7. The van der Waals surface area contributed by atoms with Crippen molar-refractivity contribution < 1.29 is 17.6 Å². The second kappa shape index (κ2) is 14.6. The quantitative estimate of drug-likeness (QED) is 0.215. The van der Waals surface area contributed by atoms with E-state index in [0.717, 1.165) is 108 Å². The van der Waals surface area contributed by atoms with Crippen molar-refractivity contribution in [3.63, 3.8) is 0 Å². The lowest BCUT2D eigenvalue weighted by Crippen LogP contribution is -2.56. The standard InChI is InChI=1S/C40H52FN5O3S/c1-3-38-42-20-23-45(38)28-40(31-8-5-9-32(41)24-31,36-12-7-13-37(36)43-39(47)4-2)30-18-21-44(22-19-30)25-29-26-46(27-29)33-14-16-35(17-15-33)50(48,49)34-10-6-11-34/h4-5,8-9,14-17,20,23-24,29-30,34,36-37H,2-3,6-7,10-13,18-19,21-22,25-28H2,1H3,(H,43,47)/t36-,37-,40-/m0/s1. The van der Waals surface area contributed by atoms with Gasteiger partial charge in [0.25, 0.3) is 0 Å². The van der Waals surface area contributed by atoms with Gasteiger partial charge in [-0.2, -0.15) is 0 Å². The third-order valence-electron chi connectivity index (χ3n) is 12.4. The summed E-state index contributed by atoms with van der Waals surface area (Å²) in [7, 11) is -3.20. The van der Waals surface area contributed by atoms with Crippen molar-refractivity contribution in [2.24, 2.45) is 17.8 Å². The van der Waals surface area contributed by atoms with Crippen LogP contribution in [-0.2, 0) is 33.0 Å². The molecule has 7 rings (SSSR count). The molecule has 2 aliphatic heterocycles. The number of likely N-dealkylation sites (tertiary alicyclic amines) is 1. The van der Waals surface area contributed by atoms with E-state index in [1.165, 1.54) is 12.1 Å². The maximum atomic E-state index is 15.1. The van der Waals surface area contributed by atoms with E-state index < -0.39 is 9.84 Å². The van der Waals surface area contributed by atoms with Crippen LogP contribution >= 0.6 is 0 Å². The number of aryl methyl sites for hydroxylation is 1. The molecule has 1 amide bonds. The van der Waals surface area contributed by atoms with Gasteiger partial charge in [-0.25, -0.2) is 17.8 Å². The number of amides is 1. The van der Waals surface area contributed by atoms with Crippen LogP contribution in [0, 0.1) is 23.6 Å². The monoisotopic (exact) mass is 701 g/mol. The molecular formula is C40H52FN5O3S. The van der Waals surface area contributed by atoms with Crippen LogP contribution in [0.2, 0.25) is 0 Å². The second-order valence-corrected chi connectivity index (χ2v) is 17.4. The number of carbonyl (C=O) groups is 1. The fourth-order valence-corrected chi connectivity index (χ4v) is 11.4. The van der Waals surface area contributed by atoms with Gasteiger partial charge in [-0.1, -0.05) is 38.5 Å². The number of carbonyl (C=O) groups excluding carboxylic acids is 1. The van der Waals surface area contributed by atoms with Crippen molar-refractivity contribution in [3.05, 3.63) is 90.8 Å². The Bertz CT molecular complexity index is 1760. The lowest BCUT2D eigenvalue weighted by molar-refractivity contribution is -0.117. The molecular weight excluding hydrogens is 650 g/mol. The fraction of sp³-hybridized carbons (Fsp3) is 0.550. The third-order valence-corrected chi connectivity index (χ3v) is 14.7. The van der Waals surface area contributed by atoms with Gasteiger partial charge in [0, 0.05) is 68.1 Å². The predicted octanol–water partition coefficient (Wildman–Crippen LogP) is 6.17. The van der Waals surface area contributed by atoms with Crippen molar-refractivity contribution >= 4 is 21.4 Å². The van der Waals surface area contributed by atoms with Crippen molar-refractivity contribution in [1.82, 2.24) is 19.8 Å². The summed E-state index contributed by atoms with van der Waals surface area (Å²) in [6, 6.07) is 14.7. The molecule has 0 bridgehead atoms. The Morgan fingerprint density at radius 2 is 1.78 bits per heavy atom. The Balaban J connectivity index is 1.06. The van der Waals surface area contributed by atoms with Crippen LogP contribution in [0.4, 0.5) is 10.1 Å². The summed E-state index contributed by atoms with van der Waals surface area (Å²) in [5.41, 5.74) is 1.73. The molecule has 2 aliphatic carbocycles. The van der Waals surface area contributed by atoms with Crippen LogP contribution < -0.4 is 10.2 Å². The van der Waals surface area contributed by atoms with Gasteiger partial charge < -0.3 is 19.7 Å². The van der Waals surface area contributed by atoms with Crippen LogP contribution in [0.25, 0.3) is 0 Å². The molecule has 2 saturated heterocycles. The first-order valence-electron chi connectivity index (χ1n) is 18.7. The van der Waals surface area contributed by atoms with Crippen LogP contribution in [0.15, 0.2) is 78.5 Å². The van der Waals surface area contributed by atoms with Gasteiger partial charge in [-0.05, 0) is 111 Å². The maximum Gasteiger partial charge on any atom is 0.243 e. The van der Waals surface area contributed by atoms with Crippen molar-refractivity contribution in [1.29, 1.82) is 0 Å². The van der Waals surface area contributed by atoms with Gasteiger partial charge in [0.05, 0.1) is 10.1 Å². The van der Waals surface area contributed by atoms with Crippen molar-refractivity contribution in [2.45, 2.75) is 92.9 Å². The number of sulfone groups is 1. The molecule has 4 aliphatic rings. The van der Waals surface area contributed by atoms with E-state index in [0.29, 0.717) is 23.3 Å². The van der Waals surface area contributed by atoms with Gasteiger partial charge in [-0.15, -0.1) is 0 Å². The minimum absolute atomic E-state index is 0.0104. The van der Waals surface area contributed by atoms with Gasteiger partial charge in [-0.3, -0.25) is 4.79 Å². The van der Waals surface area contributed by atoms with E-state index in [1.807, 2.05) is 24.4 Å². The second-order valence-electron chi connectivity index (χ2n) is 15.2. The fourth-order valence-electron chi connectivity index (χ4n) is 9.55. The number of imidazole rings is 1. The number of anilines is 1. The number of nitrogens with zero attached hydrogens (tertiary/aromatic N) is 4. The molecule has 3 atom stereocenters. The Morgan fingerprint density at radius 3 is 2.44 bits per heavy atom. The molecule has 10 heteroatoms. The summed E-state index contributed by atoms with van der Waals surface area (Å²) in [6.07, 6.45) is 13.6. The van der Waals surface area contributed by atoms with E-state index in [4.69, 9.17) is 0 Å². The summed E-state index contributed by atoms with van der Waals surface area (Å²) in [6.45, 7) is 11.5. The molecule has 0 spiro atoms. The number of halogens is 1. The molecule has 2 saturated carbocycles. The molecule has 1 N–H and O–H groups in total. The van der Waals surface area contributed by atoms with Crippen molar-refractivity contribution in [2.75, 3.05) is 37.6 Å². The first-order chi connectivity index (χ1) is 24.2. The number of hydrogen-bond acceptors (Lipinski definition) is 6. The third kappa shape index (κ3) is 6.77. The van der Waals surface area contributed by atoms with E-state index in [2.05, 4.69) is 50.4 Å². The topological polar surface area (TPSA) is 87.5 Å². The SMILES string of the molecule is C=CC(=O)N[C@H]1CCC[C@@H]1[C@](Cn1ccnc1CC)(c1cccc(F)c1)C1CCN(CC2CN(c3ccc(S(=O)(=O)C4CCC4)cc3)C2)CC1. The normalized spacial score (nSPS) is 23.6. The smallest absolute Gasteiger partial charge is 0.243 e. The van der Waals surface area contributed by atoms with Crippen LogP contribution in [0.3, 0.4) is 0 Å². The zero-order chi connectivity index (χ0) is 34.9. The lowest BCUT2D eigenvalue weighted by Gasteiger charge is -2.51. The Hall–Kier alpha value is -3.50. The number of piperidine rings is 1. The van der Waals surface area contributed by atoms with Gasteiger partial charge in [0.2, 0.25) is 5.91 Å². The van der Waals surface area contributed by atoms with Gasteiger partial charge in [0.15, 0.2) is 9.84 Å². The zero-order valence-electron chi connectivity index (χ0n) is 29.4. The number of hydrogen-bond donors (Lipinski definition) is 1.